The Morgan fingerprint density at radius 1 is 0.350 bits per heavy atom. The molecule has 0 atom stereocenters. The van der Waals surface area contributed by atoms with Gasteiger partial charge in [-0.1, -0.05) is 188 Å². The molecular weight excluding hydrogens is 729 g/mol. The van der Waals surface area contributed by atoms with E-state index in [1.807, 2.05) is 0 Å². The van der Waals surface area contributed by atoms with Gasteiger partial charge >= 0.3 is 0 Å². The van der Waals surface area contributed by atoms with Crippen LogP contribution in [0.4, 0.5) is 0 Å². The highest BCUT2D eigenvalue weighted by Crippen LogP contribution is 2.62. The van der Waals surface area contributed by atoms with Gasteiger partial charge in [-0.2, -0.15) is 0 Å². The SMILES string of the molecule is Cc1ccc(-c2c3ccccc3c(-c3cc4c(c5oc6ccccc6c35)-c3c(ccc5c3oc3ccccc35)C4(c3ccccc3)c3ccccc3)c3ccccc23)cc1. The molecule has 0 fully saturated rings. The third-order valence-corrected chi connectivity index (χ3v) is 13.2. The number of para-hydroxylation sites is 2. The van der Waals surface area contributed by atoms with E-state index in [1.165, 1.54) is 66.1 Å². The Labute approximate surface area is 346 Å². The van der Waals surface area contributed by atoms with Crippen molar-refractivity contribution in [3.05, 3.63) is 228 Å². The minimum Gasteiger partial charge on any atom is -0.455 e. The first-order valence-electron chi connectivity index (χ1n) is 20.8. The van der Waals surface area contributed by atoms with Crippen LogP contribution in [0.5, 0.6) is 0 Å². The number of furan rings is 2. The van der Waals surface area contributed by atoms with Crippen molar-refractivity contribution in [3.63, 3.8) is 0 Å². The summed E-state index contributed by atoms with van der Waals surface area (Å²) in [7, 11) is 0. The van der Waals surface area contributed by atoms with Gasteiger partial charge in [-0.3, -0.25) is 0 Å². The van der Waals surface area contributed by atoms with Crippen LogP contribution in [0.25, 0.3) is 98.8 Å². The third kappa shape index (κ3) is 4.37. The molecule has 2 heteroatoms. The van der Waals surface area contributed by atoms with Crippen LogP contribution >= 0.6 is 0 Å². The molecule has 0 N–H and O–H groups in total. The average Bonchev–Trinajstić information content (AvgIpc) is 3.98. The van der Waals surface area contributed by atoms with Crippen LogP contribution in [0, 0.1) is 6.92 Å². The van der Waals surface area contributed by atoms with Crippen molar-refractivity contribution in [1.82, 2.24) is 0 Å². The van der Waals surface area contributed by atoms with E-state index in [-0.39, 0.29) is 0 Å². The van der Waals surface area contributed by atoms with E-state index in [4.69, 9.17) is 8.83 Å². The summed E-state index contributed by atoms with van der Waals surface area (Å²) in [5.41, 5.74) is 15.8. The van der Waals surface area contributed by atoms with E-state index in [2.05, 4.69) is 207 Å². The molecule has 0 saturated carbocycles. The summed E-state index contributed by atoms with van der Waals surface area (Å²) < 4.78 is 14.3. The fourth-order valence-corrected chi connectivity index (χ4v) is 10.8. The first kappa shape index (κ1) is 33.3. The zero-order valence-corrected chi connectivity index (χ0v) is 32.9. The Morgan fingerprint density at radius 3 is 1.45 bits per heavy atom. The summed E-state index contributed by atoms with van der Waals surface area (Å²) in [4.78, 5) is 0. The summed E-state index contributed by atoms with van der Waals surface area (Å²) in [5, 5.41) is 9.27. The second kappa shape index (κ2) is 12.4. The van der Waals surface area contributed by atoms with Crippen LogP contribution < -0.4 is 0 Å². The molecule has 0 spiro atoms. The molecule has 2 aromatic heterocycles. The molecule has 2 nitrogen and oxygen atoms in total. The van der Waals surface area contributed by atoms with E-state index >= 15 is 0 Å². The monoisotopic (exact) mass is 764 g/mol. The number of hydrogen-bond donors (Lipinski definition) is 0. The van der Waals surface area contributed by atoms with E-state index < -0.39 is 5.41 Å². The average molecular weight is 765 g/mol. The van der Waals surface area contributed by atoms with Gasteiger partial charge < -0.3 is 8.83 Å². The molecular formula is C58H36O2. The van der Waals surface area contributed by atoms with Gasteiger partial charge in [0, 0.05) is 32.7 Å². The Hall–Kier alpha value is -7.68. The van der Waals surface area contributed by atoms with Crippen LogP contribution in [0.1, 0.15) is 27.8 Å². The second-order valence-corrected chi connectivity index (χ2v) is 16.3. The smallest absolute Gasteiger partial charge is 0.144 e. The van der Waals surface area contributed by atoms with Gasteiger partial charge in [0.2, 0.25) is 0 Å². The van der Waals surface area contributed by atoms with Crippen LogP contribution in [0.15, 0.2) is 209 Å². The van der Waals surface area contributed by atoms with Gasteiger partial charge in [0.1, 0.15) is 22.3 Å². The number of rotatable bonds is 4. The Balaban J connectivity index is 1.28. The largest absolute Gasteiger partial charge is 0.455 e. The molecule has 12 aromatic rings. The van der Waals surface area contributed by atoms with E-state index in [0.717, 1.165) is 60.6 Å². The first-order valence-corrected chi connectivity index (χ1v) is 20.8. The molecule has 0 bridgehead atoms. The molecule has 60 heavy (non-hydrogen) atoms. The maximum Gasteiger partial charge on any atom is 0.144 e. The molecule has 280 valence electrons. The Kier molecular flexibility index (Phi) is 6.89. The van der Waals surface area contributed by atoms with Crippen LogP contribution in [0.3, 0.4) is 0 Å². The number of benzene rings is 10. The zero-order valence-electron chi connectivity index (χ0n) is 32.9. The predicted octanol–water partition coefficient (Wildman–Crippen LogP) is 15.8. The van der Waals surface area contributed by atoms with Crippen molar-refractivity contribution < 1.29 is 8.83 Å². The van der Waals surface area contributed by atoms with Crippen molar-refractivity contribution in [1.29, 1.82) is 0 Å². The lowest BCUT2D eigenvalue weighted by molar-refractivity contribution is 0.665. The highest BCUT2D eigenvalue weighted by Gasteiger charge is 2.49. The lowest BCUT2D eigenvalue weighted by Gasteiger charge is -2.34. The van der Waals surface area contributed by atoms with Crippen molar-refractivity contribution in [2.45, 2.75) is 12.3 Å². The lowest BCUT2D eigenvalue weighted by Crippen LogP contribution is -2.28. The van der Waals surface area contributed by atoms with Gasteiger partial charge in [-0.25, -0.2) is 0 Å². The van der Waals surface area contributed by atoms with Crippen LogP contribution in [-0.2, 0) is 5.41 Å². The van der Waals surface area contributed by atoms with Gasteiger partial charge in [0.05, 0.1) is 5.41 Å². The van der Waals surface area contributed by atoms with E-state index in [9.17, 15) is 0 Å². The standard InChI is InChI=1S/C58H36O2/c1-35-28-30-36(31-29-35)51-40-21-8-10-23-42(40)52(43-24-11-9-22-41(43)51)46-34-48-55(57-53(46)45-25-13-15-27-50(45)60-57)54-47(33-32-44-39-20-12-14-26-49(39)59-56(44)54)58(48,37-16-4-2-5-17-37)38-18-6-3-7-19-38/h2-34H,1H3. The molecule has 0 radical (unpaired) electrons. The fourth-order valence-electron chi connectivity index (χ4n) is 10.8. The Morgan fingerprint density at radius 2 is 0.833 bits per heavy atom. The summed E-state index contributed by atoms with van der Waals surface area (Å²) in [5.74, 6) is 0. The zero-order chi connectivity index (χ0) is 39.5. The van der Waals surface area contributed by atoms with Crippen LogP contribution in [-0.4, -0.2) is 0 Å². The summed E-state index contributed by atoms with van der Waals surface area (Å²) in [6.45, 7) is 2.15. The molecule has 2 heterocycles. The minimum absolute atomic E-state index is 0.699. The first-order chi connectivity index (χ1) is 29.7. The predicted molar refractivity (Wildman–Crippen MR) is 249 cm³/mol. The summed E-state index contributed by atoms with van der Waals surface area (Å²) >= 11 is 0. The summed E-state index contributed by atoms with van der Waals surface area (Å²) in [6.07, 6.45) is 0. The lowest BCUT2D eigenvalue weighted by atomic mass is 9.67. The molecule has 13 rings (SSSR count). The van der Waals surface area contributed by atoms with E-state index in [1.54, 1.807) is 0 Å². The maximum absolute atomic E-state index is 7.29. The topological polar surface area (TPSA) is 26.3 Å². The van der Waals surface area contributed by atoms with Gasteiger partial charge in [0.25, 0.3) is 0 Å². The summed E-state index contributed by atoms with van der Waals surface area (Å²) in [6, 6.07) is 73.1. The Bertz CT molecular complexity index is 3600. The fraction of sp³-hybridized carbons (Fsp3) is 0.0345. The minimum atomic E-state index is -0.699. The molecule has 0 aliphatic heterocycles. The van der Waals surface area contributed by atoms with Crippen molar-refractivity contribution in [2.24, 2.45) is 0 Å². The maximum atomic E-state index is 7.29. The third-order valence-electron chi connectivity index (χ3n) is 13.2. The number of aryl methyl sites for hydroxylation is 1. The molecule has 0 amide bonds. The number of hydrogen-bond acceptors (Lipinski definition) is 2. The number of fused-ring (bicyclic) bond motifs is 13. The van der Waals surface area contributed by atoms with Gasteiger partial charge in [-0.05, 0) is 91.2 Å². The van der Waals surface area contributed by atoms with Gasteiger partial charge in [-0.15, -0.1) is 0 Å². The van der Waals surface area contributed by atoms with Crippen molar-refractivity contribution in [3.8, 4) is 33.4 Å². The van der Waals surface area contributed by atoms with Crippen molar-refractivity contribution in [2.75, 3.05) is 0 Å². The molecule has 0 unspecified atom stereocenters. The normalized spacial score (nSPS) is 13.2. The molecule has 1 aliphatic rings. The highest BCUT2D eigenvalue weighted by molar-refractivity contribution is 6.28. The van der Waals surface area contributed by atoms with Crippen molar-refractivity contribution >= 4 is 65.4 Å². The molecule has 1 aliphatic carbocycles. The van der Waals surface area contributed by atoms with E-state index in [0.29, 0.717) is 0 Å². The van der Waals surface area contributed by atoms with Gasteiger partial charge in [0.15, 0.2) is 0 Å². The van der Waals surface area contributed by atoms with Crippen LogP contribution in [0.2, 0.25) is 0 Å². The highest BCUT2D eigenvalue weighted by atomic mass is 16.3. The second-order valence-electron chi connectivity index (χ2n) is 16.3. The molecule has 0 saturated heterocycles. The molecule has 10 aromatic carbocycles. The quantitative estimate of drug-likeness (QED) is 0.167.